The zero-order valence-electron chi connectivity index (χ0n) is 11.4. The number of halogens is 3. The molecule has 0 aliphatic rings. The van der Waals surface area contributed by atoms with Crippen molar-refractivity contribution < 1.29 is 8.78 Å². The van der Waals surface area contributed by atoms with Crippen LogP contribution in [0.3, 0.4) is 0 Å². The van der Waals surface area contributed by atoms with Crippen LogP contribution >= 0.6 is 11.6 Å². The maximum Gasteiger partial charge on any atom is 0.147 e. The molecule has 0 aliphatic carbocycles. The third-order valence-electron chi connectivity index (χ3n) is 2.93. The standard InChI is InChI=1S/C14H16ClF2N3/c1-9(2)8-20-13(18-19-14(20)7-15)5-10-3-4-11(16)6-12(10)17/h3-4,6,9H,5,7-8H2,1-2H3. The molecule has 3 nitrogen and oxygen atoms in total. The molecule has 0 amide bonds. The van der Waals surface area contributed by atoms with Crippen molar-refractivity contribution in [1.29, 1.82) is 0 Å². The number of nitrogens with zero attached hydrogens (tertiary/aromatic N) is 3. The molecule has 0 aliphatic heterocycles. The number of benzene rings is 1. The minimum atomic E-state index is -0.587. The topological polar surface area (TPSA) is 30.7 Å². The molecule has 108 valence electrons. The van der Waals surface area contributed by atoms with Crippen molar-refractivity contribution in [3.8, 4) is 0 Å². The van der Waals surface area contributed by atoms with Crippen LogP contribution in [-0.2, 0) is 18.8 Å². The molecule has 0 spiro atoms. The summed E-state index contributed by atoms with van der Waals surface area (Å²) in [5, 5.41) is 8.08. The van der Waals surface area contributed by atoms with Crippen LogP contribution in [0.5, 0.6) is 0 Å². The van der Waals surface area contributed by atoms with Gasteiger partial charge in [0.05, 0.1) is 5.88 Å². The van der Waals surface area contributed by atoms with E-state index in [1.165, 1.54) is 12.1 Å². The fourth-order valence-corrected chi connectivity index (χ4v) is 2.21. The van der Waals surface area contributed by atoms with Gasteiger partial charge < -0.3 is 4.57 Å². The van der Waals surface area contributed by atoms with Crippen LogP contribution < -0.4 is 0 Å². The van der Waals surface area contributed by atoms with E-state index in [2.05, 4.69) is 24.0 Å². The monoisotopic (exact) mass is 299 g/mol. The lowest BCUT2D eigenvalue weighted by Gasteiger charge is -2.12. The van der Waals surface area contributed by atoms with E-state index in [-0.39, 0.29) is 12.3 Å². The number of rotatable bonds is 5. The minimum absolute atomic E-state index is 0.256. The number of aromatic nitrogens is 3. The molecule has 0 atom stereocenters. The average Bonchev–Trinajstić information content (AvgIpc) is 2.74. The molecular weight excluding hydrogens is 284 g/mol. The van der Waals surface area contributed by atoms with E-state index in [1.807, 2.05) is 4.57 Å². The molecule has 0 saturated carbocycles. The second-order valence-corrected chi connectivity index (χ2v) is 5.35. The predicted octanol–water partition coefficient (Wildman–Crippen LogP) is 3.54. The maximum atomic E-state index is 13.7. The normalized spacial score (nSPS) is 11.3. The van der Waals surface area contributed by atoms with Gasteiger partial charge in [-0.2, -0.15) is 0 Å². The molecule has 20 heavy (non-hydrogen) atoms. The van der Waals surface area contributed by atoms with Gasteiger partial charge in [-0.25, -0.2) is 8.78 Å². The molecule has 1 aromatic carbocycles. The summed E-state index contributed by atoms with van der Waals surface area (Å²) in [6.45, 7) is 4.85. The van der Waals surface area contributed by atoms with E-state index in [1.54, 1.807) is 0 Å². The molecule has 1 aromatic heterocycles. The molecule has 0 radical (unpaired) electrons. The number of hydrogen-bond acceptors (Lipinski definition) is 2. The predicted molar refractivity (Wildman–Crippen MR) is 73.6 cm³/mol. The Morgan fingerprint density at radius 2 is 1.90 bits per heavy atom. The summed E-state index contributed by atoms with van der Waals surface area (Å²) in [6, 6.07) is 3.55. The molecule has 2 rings (SSSR count). The second kappa shape index (κ2) is 6.31. The van der Waals surface area contributed by atoms with Crippen LogP contribution in [0.2, 0.25) is 0 Å². The van der Waals surface area contributed by atoms with E-state index in [4.69, 9.17) is 11.6 Å². The van der Waals surface area contributed by atoms with Crippen molar-refractivity contribution in [1.82, 2.24) is 14.8 Å². The number of alkyl halides is 1. The summed E-state index contributed by atoms with van der Waals surface area (Å²) in [5.41, 5.74) is 0.393. The van der Waals surface area contributed by atoms with Gasteiger partial charge in [0.25, 0.3) is 0 Å². The highest BCUT2D eigenvalue weighted by Gasteiger charge is 2.15. The van der Waals surface area contributed by atoms with E-state index in [9.17, 15) is 8.78 Å². The van der Waals surface area contributed by atoms with Gasteiger partial charge in [0.2, 0.25) is 0 Å². The highest BCUT2D eigenvalue weighted by atomic mass is 35.5. The number of hydrogen-bond donors (Lipinski definition) is 0. The fourth-order valence-electron chi connectivity index (χ4n) is 2.01. The summed E-state index contributed by atoms with van der Waals surface area (Å²) >= 11 is 5.84. The summed E-state index contributed by atoms with van der Waals surface area (Å²) < 4.78 is 28.5. The molecule has 0 fully saturated rings. The van der Waals surface area contributed by atoms with E-state index in [0.717, 1.165) is 6.07 Å². The second-order valence-electron chi connectivity index (χ2n) is 5.08. The Balaban J connectivity index is 2.30. The third-order valence-corrected chi connectivity index (χ3v) is 3.17. The molecule has 0 bridgehead atoms. The van der Waals surface area contributed by atoms with E-state index in [0.29, 0.717) is 29.7 Å². The summed E-state index contributed by atoms with van der Waals surface area (Å²) in [6.07, 6.45) is 0.267. The van der Waals surface area contributed by atoms with Gasteiger partial charge in [-0.05, 0) is 17.5 Å². The lowest BCUT2D eigenvalue weighted by molar-refractivity contribution is 0.498. The first kappa shape index (κ1) is 14.9. The SMILES string of the molecule is CC(C)Cn1c(CCl)nnc1Cc1ccc(F)cc1F. The summed E-state index contributed by atoms with van der Waals surface area (Å²) in [7, 11) is 0. The third kappa shape index (κ3) is 3.33. The van der Waals surface area contributed by atoms with Crippen LogP contribution in [0.25, 0.3) is 0 Å². The Morgan fingerprint density at radius 3 is 2.50 bits per heavy atom. The van der Waals surface area contributed by atoms with Crippen molar-refractivity contribution in [2.24, 2.45) is 5.92 Å². The van der Waals surface area contributed by atoms with Gasteiger partial charge in [0.1, 0.15) is 23.3 Å². The molecule has 0 N–H and O–H groups in total. The van der Waals surface area contributed by atoms with Crippen LogP contribution in [0.15, 0.2) is 18.2 Å². The molecule has 2 aromatic rings. The smallest absolute Gasteiger partial charge is 0.147 e. The van der Waals surface area contributed by atoms with E-state index < -0.39 is 11.6 Å². The Bertz CT molecular complexity index is 596. The molecule has 6 heteroatoms. The maximum absolute atomic E-state index is 13.7. The molecule has 1 heterocycles. The molecular formula is C14H16ClF2N3. The minimum Gasteiger partial charge on any atom is -0.313 e. The van der Waals surface area contributed by atoms with Gasteiger partial charge in [-0.15, -0.1) is 21.8 Å². The Labute approximate surface area is 121 Å². The quantitative estimate of drug-likeness (QED) is 0.791. The summed E-state index contributed by atoms with van der Waals surface area (Å²) in [4.78, 5) is 0. The Morgan fingerprint density at radius 1 is 1.20 bits per heavy atom. The lowest BCUT2D eigenvalue weighted by atomic mass is 10.1. The Hall–Kier alpha value is -1.49. The van der Waals surface area contributed by atoms with Crippen molar-refractivity contribution in [2.45, 2.75) is 32.7 Å². The molecule has 0 unspecified atom stereocenters. The Kier molecular flexibility index (Phi) is 4.70. The van der Waals surface area contributed by atoms with Crippen LogP contribution in [-0.4, -0.2) is 14.8 Å². The zero-order valence-corrected chi connectivity index (χ0v) is 12.2. The first-order valence-corrected chi connectivity index (χ1v) is 6.95. The van der Waals surface area contributed by atoms with Gasteiger partial charge in [-0.1, -0.05) is 19.9 Å². The zero-order chi connectivity index (χ0) is 14.7. The first-order chi connectivity index (χ1) is 9.51. The lowest BCUT2D eigenvalue weighted by Crippen LogP contribution is -2.12. The van der Waals surface area contributed by atoms with Gasteiger partial charge >= 0.3 is 0 Å². The van der Waals surface area contributed by atoms with E-state index >= 15 is 0 Å². The largest absolute Gasteiger partial charge is 0.313 e. The average molecular weight is 300 g/mol. The van der Waals surface area contributed by atoms with Gasteiger partial charge in [-0.3, -0.25) is 0 Å². The van der Waals surface area contributed by atoms with Crippen molar-refractivity contribution in [3.63, 3.8) is 0 Å². The van der Waals surface area contributed by atoms with Gasteiger partial charge in [0, 0.05) is 19.0 Å². The van der Waals surface area contributed by atoms with Crippen molar-refractivity contribution in [3.05, 3.63) is 47.0 Å². The highest BCUT2D eigenvalue weighted by molar-refractivity contribution is 6.16. The van der Waals surface area contributed by atoms with Crippen molar-refractivity contribution >= 4 is 11.6 Å². The van der Waals surface area contributed by atoms with Gasteiger partial charge in [0.15, 0.2) is 0 Å². The highest BCUT2D eigenvalue weighted by Crippen LogP contribution is 2.16. The fraction of sp³-hybridized carbons (Fsp3) is 0.429. The molecule has 0 saturated heterocycles. The first-order valence-electron chi connectivity index (χ1n) is 6.42. The van der Waals surface area contributed by atoms with Crippen molar-refractivity contribution in [2.75, 3.05) is 0 Å². The van der Waals surface area contributed by atoms with Crippen LogP contribution in [0.4, 0.5) is 8.78 Å². The summed E-state index contributed by atoms with van der Waals surface area (Å²) in [5.74, 6) is 0.793. The van der Waals surface area contributed by atoms with Crippen LogP contribution in [0, 0.1) is 17.6 Å². The van der Waals surface area contributed by atoms with Crippen LogP contribution in [0.1, 0.15) is 31.1 Å².